The fourth-order valence-corrected chi connectivity index (χ4v) is 1.58. The molecule has 0 amide bonds. The number of carboxylic acids is 1. The smallest absolute Gasteiger partial charge is 0.409 e. The summed E-state index contributed by atoms with van der Waals surface area (Å²) in [6.07, 6.45) is -4.68. The lowest BCUT2D eigenvalue weighted by Gasteiger charge is -2.30. The number of rotatable bonds is 1. The maximum atomic E-state index is 12.5. The minimum absolute atomic E-state index is 0.145. The Morgan fingerprint density at radius 1 is 1.60 bits per heavy atom. The van der Waals surface area contributed by atoms with Crippen LogP contribution in [0.5, 0.6) is 0 Å². The third-order valence-electron chi connectivity index (χ3n) is 1.96. The molecule has 8 heteroatoms. The molecule has 4 nitrogen and oxygen atoms in total. The van der Waals surface area contributed by atoms with Crippen molar-refractivity contribution in [2.75, 3.05) is 0 Å². The Morgan fingerprint density at radius 2 is 2.13 bits per heavy atom. The predicted octanol–water partition coefficient (Wildman–Crippen LogP) is 0.967. The molecule has 84 valence electrons. The second-order valence-electron chi connectivity index (χ2n) is 3.04. The van der Waals surface area contributed by atoms with E-state index in [1.54, 1.807) is 0 Å². The summed E-state index contributed by atoms with van der Waals surface area (Å²) in [5.74, 6) is -3.30. The largest absolute Gasteiger partial charge is 0.481 e. The number of aliphatic imine (C=N–C) groups is 1. The number of nitrogens with zero attached hydrogens (tertiary/aromatic N) is 1. The number of alkyl halides is 3. The molecule has 1 aliphatic rings. The van der Waals surface area contributed by atoms with Crippen molar-refractivity contribution in [2.24, 2.45) is 10.9 Å². The number of nitrogens with one attached hydrogen (secondary N) is 1. The van der Waals surface area contributed by atoms with Gasteiger partial charge in [0.15, 0.2) is 5.11 Å². The zero-order valence-corrected chi connectivity index (χ0v) is 8.32. The van der Waals surface area contributed by atoms with E-state index < -0.39 is 24.1 Å². The zero-order chi connectivity index (χ0) is 11.8. The molecule has 0 aromatic carbocycles. The van der Waals surface area contributed by atoms with Crippen LogP contribution in [0, 0.1) is 5.92 Å². The molecule has 1 rings (SSSR count). The highest BCUT2D eigenvalue weighted by atomic mass is 32.1. The van der Waals surface area contributed by atoms with Gasteiger partial charge in [0.05, 0.1) is 0 Å². The van der Waals surface area contributed by atoms with E-state index in [2.05, 4.69) is 17.2 Å². The zero-order valence-electron chi connectivity index (χ0n) is 7.50. The molecule has 1 aliphatic heterocycles. The van der Waals surface area contributed by atoms with Crippen molar-refractivity contribution >= 4 is 29.0 Å². The standard InChI is InChI=1S/C7H7F3N2O2S/c1-2-3(5(13)14)4(7(8,9)10)12-6(15)11-2/h3-4H,1H3,(H,12,15)(H,13,14). The maximum absolute atomic E-state index is 12.5. The summed E-state index contributed by atoms with van der Waals surface area (Å²) in [5, 5.41) is 10.2. The van der Waals surface area contributed by atoms with Gasteiger partial charge in [0.1, 0.15) is 12.0 Å². The van der Waals surface area contributed by atoms with Crippen LogP contribution in [0.4, 0.5) is 13.2 Å². The molecule has 2 atom stereocenters. The van der Waals surface area contributed by atoms with E-state index in [0.717, 1.165) is 0 Å². The molecule has 2 unspecified atom stereocenters. The van der Waals surface area contributed by atoms with Gasteiger partial charge in [-0.25, -0.2) is 4.99 Å². The van der Waals surface area contributed by atoms with Gasteiger partial charge in [0, 0.05) is 5.71 Å². The summed E-state index contributed by atoms with van der Waals surface area (Å²) < 4.78 is 37.4. The SMILES string of the molecule is CC1=NC(=S)NC(C(F)(F)F)C1C(=O)O. The number of hydrogen-bond acceptors (Lipinski definition) is 2. The predicted molar refractivity (Wildman–Crippen MR) is 49.8 cm³/mol. The lowest BCUT2D eigenvalue weighted by atomic mass is 9.93. The second-order valence-corrected chi connectivity index (χ2v) is 3.42. The van der Waals surface area contributed by atoms with Crippen LogP contribution in [0.15, 0.2) is 4.99 Å². The van der Waals surface area contributed by atoms with Gasteiger partial charge in [-0.05, 0) is 19.1 Å². The highest BCUT2D eigenvalue weighted by molar-refractivity contribution is 7.80. The van der Waals surface area contributed by atoms with Crippen LogP contribution in [0.1, 0.15) is 6.92 Å². The summed E-state index contributed by atoms with van der Waals surface area (Å²) >= 11 is 4.48. The molecule has 0 radical (unpaired) electrons. The van der Waals surface area contributed by atoms with E-state index in [9.17, 15) is 18.0 Å². The van der Waals surface area contributed by atoms with E-state index in [1.165, 1.54) is 6.92 Å². The van der Waals surface area contributed by atoms with Crippen LogP contribution < -0.4 is 5.32 Å². The molecule has 0 spiro atoms. The average Bonchev–Trinajstić information content (AvgIpc) is 1.99. The molecule has 15 heavy (non-hydrogen) atoms. The van der Waals surface area contributed by atoms with Gasteiger partial charge in [-0.2, -0.15) is 13.2 Å². The molecule has 0 bridgehead atoms. The number of carbonyl (C=O) groups is 1. The van der Waals surface area contributed by atoms with Crippen LogP contribution in [-0.2, 0) is 4.79 Å². The van der Waals surface area contributed by atoms with Crippen molar-refractivity contribution in [3.8, 4) is 0 Å². The first kappa shape index (κ1) is 11.9. The van der Waals surface area contributed by atoms with Crippen molar-refractivity contribution in [1.82, 2.24) is 5.32 Å². The normalized spacial score (nSPS) is 26.9. The Bertz CT molecular complexity index is 340. The van der Waals surface area contributed by atoms with Gasteiger partial charge < -0.3 is 10.4 Å². The monoisotopic (exact) mass is 240 g/mol. The quantitative estimate of drug-likeness (QED) is 0.670. The summed E-state index contributed by atoms with van der Waals surface area (Å²) in [4.78, 5) is 14.2. The van der Waals surface area contributed by atoms with E-state index in [4.69, 9.17) is 5.11 Å². The molecule has 0 fully saturated rings. The fourth-order valence-electron chi connectivity index (χ4n) is 1.31. The molecular formula is C7H7F3N2O2S. The van der Waals surface area contributed by atoms with Crippen LogP contribution in [0.2, 0.25) is 0 Å². The third-order valence-corrected chi connectivity index (χ3v) is 2.17. The Hall–Kier alpha value is -1.18. The van der Waals surface area contributed by atoms with Gasteiger partial charge in [-0.15, -0.1) is 0 Å². The van der Waals surface area contributed by atoms with Crippen molar-refractivity contribution < 1.29 is 23.1 Å². The molecule has 2 N–H and O–H groups in total. The Balaban J connectivity index is 3.11. The van der Waals surface area contributed by atoms with Crippen LogP contribution >= 0.6 is 12.2 Å². The Labute approximate surface area is 88.2 Å². The minimum atomic E-state index is -4.68. The van der Waals surface area contributed by atoms with Crippen molar-refractivity contribution in [3.63, 3.8) is 0 Å². The first-order valence-electron chi connectivity index (χ1n) is 3.88. The highest BCUT2D eigenvalue weighted by Gasteiger charge is 2.50. The maximum Gasteiger partial charge on any atom is 0.409 e. The molecule has 0 saturated carbocycles. The number of carboxylic acid groups (broad SMARTS) is 1. The molecule has 0 aromatic heterocycles. The topological polar surface area (TPSA) is 61.7 Å². The van der Waals surface area contributed by atoms with Crippen LogP contribution in [0.25, 0.3) is 0 Å². The van der Waals surface area contributed by atoms with Gasteiger partial charge in [0.25, 0.3) is 0 Å². The number of thiocarbonyl (C=S) groups is 1. The molecule has 0 saturated heterocycles. The van der Waals surface area contributed by atoms with Gasteiger partial charge in [-0.3, -0.25) is 4.79 Å². The highest BCUT2D eigenvalue weighted by Crippen LogP contribution is 2.28. The van der Waals surface area contributed by atoms with Crippen molar-refractivity contribution in [2.45, 2.75) is 19.1 Å². The van der Waals surface area contributed by atoms with Gasteiger partial charge in [-0.1, -0.05) is 0 Å². The second kappa shape index (κ2) is 3.76. The Kier molecular flexibility index (Phi) is 2.98. The first-order chi connectivity index (χ1) is 6.73. The van der Waals surface area contributed by atoms with E-state index in [-0.39, 0.29) is 10.8 Å². The molecule has 1 heterocycles. The minimum Gasteiger partial charge on any atom is -0.481 e. The van der Waals surface area contributed by atoms with Crippen LogP contribution in [0.3, 0.4) is 0 Å². The fraction of sp³-hybridized carbons (Fsp3) is 0.571. The average molecular weight is 240 g/mol. The summed E-state index contributed by atoms with van der Waals surface area (Å²) in [5.41, 5.74) is -0.145. The van der Waals surface area contributed by atoms with E-state index in [1.807, 2.05) is 5.32 Å². The van der Waals surface area contributed by atoms with Crippen molar-refractivity contribution in [3.05, 3.63) is 0 Å². The first-order valence-corrected chi connectivity index (χ1v) is 4.29. The number of halogens is 3. The molecule has 0 aromatic rings. The summed E-state index contributed by atoms with van der Waals surface area (Å²) in [6, 6.07) is -2.21. The lowest BCUT2D eigenvalue weighted by molar-refractivity contribution is -0.171. The number of aliphatic carboxylic acids is 1. The summed E-state index contributed by atoms with van der Waals surface area (Å²) in [6.45, 7) is 1.21. The lowest BCUT2D eigenvalue weighted by Crippen LogP contribution is -2.56. The van der Waals surface area contributed by atoms with E-state index >= 15 is 0 Å². The van der Waals surface area contributed by atoms with Crippen LogP contribution in [-0.4, -0.2) is 34.1 Å². The van der Waals surface area contributed by atoms with Gasteiger partial charge >= 0.3 is 12.1 Å². The summed E-state index contributed by atoms with van der Waals surface area (Å²) in [7, 11) is 0. The Morgan fingerprint density at radius 3 is 2.53 bits per heavy atom. The van der Waals surface area contributed by atoms with E-state index in [0.29, 0.717) is 0 Å². The third kappa shape index (κ3) is 2.44. The van der Waals surface area contributed by atoms with Crippen molar-refractivity contribution in [1.29, 1.82) is 0 Å². The number of hydrogen-bond donors (Lipinski definition) is 2. The molecular weight excluding hydrogens is 233 g/mol. The molecule has 0 aliphatic carbocycles. The van der Waals surface area contributed by atoms with Gasteiger partial charge in [0.2, 0.25) is 0 Å².